The Labute approximate surface area is 141 Å². The summed E-state index contributed by atoms with van der Waals surface area (Å²) >= 11 is 0. The standard InChI is InChI=1S/C18H23N5O/c1-12(2)10-15-20-18(24-22-15)14-4-3-9-23(11-14)16-6-5-13-7-8-19-17(13)21-16/h5-8,12,14H,3-4,9-11H2,1-2H3,(H,19,21)/t14-/m0/s1. The zero-order valence-electron chi connectivity index (χ0n) is 14.2. The maximum absolute atomic E-state index is 5.53. The van der Waals surface area contributed by atoms with Gasteiger partial charge in [-0.05, 0) is 37.0 Å². The summed E-state index contributed by atoms with van der Waals surface area (Å²) in [6.07, 6.45) is 4.99. The van der Waals surface area contributed by atoms with Gasteiger partial charge < -0.3 is 14.4 Å². The smallest absolute Gasteiger partial charge is 0.231 e. The molecule has 1 aliphatic rings. The van der Waals surface area contributed by atoms with Gasteiger partial charge in [-0.15, -0.1) is 0 Å². The van der Waals surface area contributed by atoms with Crippen LogP contribution in [-0.4, -0.2) is 33.2 Å². The van der Waals surface area contributed by atoms with E-state index >= 15 is 0 Å². The topological polar surface area (TPSA) is 70.8 Å². The number of aromatic nitrogens is 4. The van der Waals surface area contributed by atoms with Crippen LogP contribution in [0.2, 0.25) is 0 Å². The summed E-state index contributed by atoms with van der Waals surface area (Å²) in [5.74, 6) is 3.43. The predicted molar refractivity (Wildman–Crippen MR) is 93.1 cm³/mol. The normalized spacial score (nSPS) is 18.6. The molecule has 24 heavy (non-hydrogen) atoms. The molecule has 1 atom stereocenters. The van der Waals surface area contributed by atoms with E-state index in [2.05, 4.69) is 46.0 Å². The summed E-state index contributed by atoms with van der Waals surface area (Å²) in [7, 11) is 0. The Morgan fingerprint density at radius 1 is 1.29 bits per heavy atom. The maximum atomic E-state index is 5.53. The fraction of sp³-hybridized carbons (Fsp3) is 0.500. The van der Waals surface area contributed by atoms with Gasteiger partial charge in [0.1, 0.15) is 11.5 Å². The fourth-order valence-corrected chi connectivity index (χ4v) is 3.36. The number of anilines is 1. The molecule has 0 bridgehead atoms. The Morgan fingerprint density at radius 2 is 2.21 bits per heavy atom. The number of nitrogens with one attached hydrogen (secondary N) is 1. The average molecular weight is 325 g/mol. The third kappa shape index (κ3) is 3.00. The molecule has 4 rings (SSSR count). The first-order valence-electron chi connectivity index (χ1n) is 8.70. The highest BCUT2D eigenvalue weighted by molar-refractivity contribution is 5.77. The van der Waals surface area contributed by atoms with Crippen molar-refractivity contribution in [1.29, 1.82) is 0 Å². The second-order valence-electron chi connectivity index (χ2n) is 7.02. The van der Waals surface area contributed by atoms with Crippen molar-refractivity contribution in [2.24, 2.45) is 5.92 Å². The minimum atomic E-state index is 0.285. The van der Waals surface area contributed by atoms with E-state index < -0.39 is 0 Å². The number of hydrogen-bond acceptors (Lipinski definition) is 5. The molecule has 0 saturated carbocycles. The second kappa shape index (κ2) is 6.26. The molecule has 0 radical (unpaired) electrons. The van der Waals surface area contributed by atoms with E-state index in [1.54, 1.807) is 0 Å². The van der Waals surface area contributed by atoms with Gasteiger partial charge >= 0.3 is 0 Å². The molecule has 0 aliphatic carbocycles. The van der Waals surface area contributed by atoms with Crippen molar-refractivity contribution in [3.63, 3.8) is 0 Å². The van der Waals surface area contributed by atoms with Crippen LogP contribution in [0.1, 0.15) is 44.3 Å². The zero-order chi connectivity index (χ0) is 16.5. The molecular formula is C18H23N5O. The molecule has 1 N–H and O–H groups in total. The molecule has 1 fully saturated rings. The van der Waals surface area contributed by atoms with Gasteiger partial charge in [-0.1, -0.05) is 19.0 Å². The number of rotatable bonds is 4. The number of piperidine rings is 1. The molecule has 0 aromatic carbocycles. The first kappa shape index (κ1) is 15.2. The molecule has 1 saturated heterocycles. The van der Waals surface area contributed by atoms with Crippen LogP contribution in [0.3, 0.4) is 0 Å². The molecule has 126 valence electrons. The van der Waals surface area contributed by atoms with Crippen molar-refractivity contribution < 1.29 is 4.52 Å². The number of pyridine rings is 1. The van der Waals surface area contributed by atoms with E-state index in [9.17, 15) is 0 Å². The quantitative estimate of drug-likeness (QED) is 0.794. The number of aromatic amines is 1. The van der Waals surface area contributed by atoms with Gasteiger partial charge in [0.25, 0.3) is 0 Å². The Bertz CT molecular complexity index is 822. The monoisotopic (exact) mass is 325 g/mol. The lowest BCUT2D eigenvalue weighted by atomic mass is 9.98. The lowest BCUT2D eigenvalue weighted by Gasteiger charge is -2.31. The highest BCUT2D eigenvalue weighted by Gasteiger charge is 2.27. The van der Waals surface area contributed by atoms with Gasteiger partial charge in [-0.3, -0.25) is 0 Å². The molecule has 3 aromatic rings. The lowest BCUT2D eigenvalue weighted by Crippen LogP contribution is -2.35. The number of fused-ring (bicyclic) bond motifs is 1. The third-order valence-electron chi connectivity index (χ3n) is 4.56. The van der Waals surface area contributed by atoms with Crippen LogP contribution in [0.15, 0.2) is 28.9 Å². The largest absolute Gasteiger partial charge is 0.356 e. The zero-order valence-corrected chi connectivity index (χ0v) is 14.2. The Morgan fingerprint density at radius 3 is 3.08 bits per heavy atom. The summed E-state index contributed by atoms with van der Waals surface area (Å²) in [5, 5.41) is 5.28. The van der Waals surface area contributed by atoms with Gasteiger partial charge in [-0.2, -0.15) is 4.98 Å². The van der Waals surface area contributed by atoms with Gasteiger partial charge in [0.05, 0.1) is 5.92 Å². The summed E-state index contributed by atoms with van der Waals surface area (Å²) < 4.78 is 5.53. The summed E-state index contributed by atoms with van der Waals surface area (Å²) in [6.45, 7) is 6.23. The van der Waals surface area contributed by atoms with Crippen LogP contribution < -0.4 is 4.90 Å². The lowest BCUT2D eigenvalue weighted by molar-refractivity contribution is 0.329. The molecule has 6 nitrogen and oxygen atoms in total. The van der Waals surface area contributed by atoms with Crippen molar-refractivity contribution in [3.05, 3.63) is 36.1 Å². The van der Waals surface area contributed by atoms with E-state index in [4.69, 9.17) is 9.51 Å². The minimum Gasteiger partial charge on any atom is -0.356 e. The SMILES string of the molecule is CC(C)Cc1noc([C@H]2CCCN(c3ccc4cc[nH]c4n3)C2)n1. The highest BCUT2D eigenvalue weighted by atomic mass is 16.5. The number of hydrogen-bond donors (Lipinski definition) is 1. The third-order valence-corrected chi connectivity index (χ3v) is 4.56. The van der Waals surface area contributed by atoms with E-state index in [1.807, 2.05) is 12.3 Å². The minimum absolute atomic E-state index is 0.285. The first-order chi connectivity index (χ1) is 11.7. The predicted octanol–water partition coefficient (Wildman–Crippen LogP) is 3.53. The Hall–Kier alpha value is -2.37. The average Bonchev–Trinajstić information content (AvgIpc) is 3.22. The van der Waals surface area contributed by atoms with Crippen LogP contribution in [0.25, 0.3) is 11.0 Å². The molecular weight excluding hydrogens is 302 g/mol. The van der Waals surface area contributed by atoms with Gasteiger partial charge in [0.2, 0.25) is 5.89 Å². The van der Waals surface area contributed by atoms with Crippen molar-refractivity contribution in [2.75, 3.05) is 18.0 Å². The van der Waals surface area contributed by atoms with Crippen LogP contribution in [-0.2, 0) is 6.42 Å². The van der Waals surface area contributed by atoms with Crippen LogP contribution in [0, 0.1) is 5.92 Å². The van der Waals surface area contributed by atoms with Gasteiger partial charge in [-0.25, -0.2) is 4.98 Å². The van der Waals surface area contributed by atoms with E-state index in [1.165, 1.54) is 0 Å². The maximum Gasteiger partial charge on any atom is 0.231 e. The van der Waals surface area contributed by atoms with Gasteiger partial charge in [0, 0.05) is 31.1 Å². The molecule has 0 amide bonds. The van der Waals surface area contributed by atoms with Crippen molar-refractivity contribution in [3.8, 4) is 0 Å². The first-order valence-corrected chi connectivity index (χ1v) is 8.70. The Kier molecular flexibility index (Phi) is 3.96. The van der Waals surface area contributed by atoms with Crippen molar-refractivity contribution in [2.45, 2.75) is 39.0 Å². The van der Waals surface area contributed by atoms with Crippen LogP contribution in [0.5, 0.6) is 0 Å². The molecule has 3 aromatic heterocycles. The van der Waals surface area contributed by atoms with Crippen molar-refractivity contribution >= 4 is 16.9 Å². The fourth-order valence-electron chi connectivity index (χ4n) is 3.36. The van der Waals surface area contributed by atoms with Crippen molar-refractivity contribution in [1.82, 2.24) is 20.1 Å². The number of nitrogens with zero attached hydrogens (tertiary/aromatic N) is 4. The summed E-state index contributed by atoms with van der Waals surface area (Å²) in [5.41, 5.74) is 0.937. The van der Waals surface area contributed by atoms with Crippen LogP contribution >= 0.6 is 0 Å². The number of H-pyrrole nitrogens is 1. The van der Waals surface area contributed by atoms with E-state index in [0.717, 1.165) is 60.9 Å². The van der Waals surface area contributed by atoms with Gasteiger partial charge in [0.15, 0.2) is 5.82 Å². The molecule has 4 heterocycles. The summed E-state index contributed by atoms with van der Waals surface area (Å²) in [4.78, 5) is 14.9. The molecule has 0 unspecified atom stereocenters. The van der Waals surface area contributed by atoms with E-state index in [0.29, 0.717) is 5.92 Å². The van der Waals surface area contributed by atoms with E-state index in [-0.39, 0.29) is 5.92 Å². The highest BCUT2D eigenvalue weighted by Crippen LogP contribution is 2.29. The summed E-state index contributed by atoms with van der Waals surface area (Å²) in [6, 6.07) is 6.25. The van der Waals surface area contributed by atoms with Crippen LogP contribution in [0.4, 0.5) is 5.82 Å². The second-order valence-corrected chi connectivity index (χ2v) is 7.02. The molecule has 1 aliphatic heterocycles. The molecule has 0 spiro atoms. The molecule has 6 heteroatoms. The Balaban J connectivity index is 1.51.